The van der Waals surface area contributed by atoms with Crippen LogP contribution in [0.4, 0.5) is 0 Å². The molecule has 0 unspecified atom stereocenters. The second-order valence-electron chi connectivity index (χ2n) is 4.16. The van der Waals surface area contributed by atoms with Crippen molar-refractivity contribution in [1.29, 1.82) is 0 Å². The molecule has 94 valence electrons. The van der Waals surface area contributed by atoms with E-state index in [1.54, 1.807) is 30.3 Å². The Bertz CT molecular complexity index is 651. The minimum atomic E-state index is -0.343. The Kier molecular flexibility index (Phi) is 2.52. The van der Waals surface area contributed by atoms with Gasteiger partial charge in [0.05, 0.1) is 17.7 Å². The predicted octanol–water partition coefficient (Wildman–Crippen LogP) is 1.89. The first kappa shape index (κ1) is 11.4. The molecule has 0 atom stereocenters. The van der Waals surface area contributed by atoms with Crippen LogP contribution < -0.4 is 0 Å². The fourth-order valence-electron chi connectivity index (χ4n) is 2.08. The molecule has 1 aromatic carbocycles. The standard InChI is InChI=1S/C14H9NO4/c16-8-10-6-5-9(19-10)7-15-13(17)11-3-1-2-4-12(11)14(15)18/h1-6,8H,7H2. The fourth-order valence-corrected chi connectivity index (χ4v) is 2.08. The van der Waals surface area contributed by atoms with E-state index >= 15 is 0 Å². The topological polar surface area (TPSA) is 67.6 Å². The minimum absolute atomic E-state index is 0.0280. The normalized spacial score (nSPS) is 13.8. The molecule has 5 heteroatoms. The van der Waals surface area contributed by atoms with Crippen LogP contribution in [0.2, 0.25) is 0 Å². The summed E-state index contributed by atoms with van der Waals surface area (Å²) in [7, 11) is 0. The van der Waals surface area contributed by atoms with Gasteiger partial charge in [0.25, 0.3) is 11.8 Å². The molecule has 0 saturated carbocycles. The number of amides is 2. The van der Waals surface area contributed by atoms with Gasteiger partial charge in [-0.25, -0.2) is 0 Å². The van der Waals surface area contributed by atoms with Crippen molar-refractivity contribution < 1.29 is 18.8 Å². The van der Waals surface area contributed by atoms with Crippen LogP contribution in [0.25, 0.3) is 0 Å². The number of hydrogen-bond donors (Lipinski definition) is 0. The van der Waals surface area contributed by atoms with Crippen molar-refractivity contribution >= 4 is 18.1 Å². The van der Waals surface area contributed by atoms with Crippen molar-refractivity contribution in [1.82, 2.24) is 4.90 Å². The highest BCUT2D eigenvalue weighted by molar-refractivity contribution is 6.21. The molecule has 1 aliphatic rings. The first-order valence-electron chi connectivity index (χ1n) is 5.70. The summed E-state index contributed by atoms with van der Waals surface area (Å²) in [5.41, 5.74) is 0.796. The van der Waals surface area contributed by atoms with Gasteiger partial charge in [-0.1, -0.05) is 12.1 Å². The Labute approximate surface area is 108 Å². The lowest BCUT2D eigenvalue weighted by Crippen LogP contribution is -2.28. The molecule has 2 amide bonds. The Morgan fingerprint density at radius 3 is 2.16 bits per heavy atom. The minimum Gasteiger partial charge on any atom is -0.456 e. The zero-order valence-corrected chi connectivity index (χ0v) is 9.83. The van der Waals surface area contributed by atoms with E-state index in [1.807, 2.05) is 0 Å². The van der Waals surface area contributed by atoms with Gasteiger partial charge < -0.3 is 4.42 Å². The van der Waals surface area contributed by atoms with Gasteiger partial charge >= 0.3 is 0 Å². The van der Waals surface area contributed by atoms with E-state index in [4.69, 9.17) is 4.42 Å². The van der Waals surface area contributed by atoms with Crippen LogP contribution in [0.1, 0.15) is 37.0 Å². The van der Waals surface area contributed by atoms with E-state index in [1.165, 1.54) is 6.07 Å². The van der Waals surface area contributed by atoms with Gasteiger partial charge in [0.15, 0.2) is 12.0 Å². The second kappa shape index (κ2) is 4.20. The SMILES string of the molecule is O=Cc1ccc(CN2C(=O)c3ccccc3C2=O)o1. The van der Waals surface area contributed by atoms with Crippen LogP contribution in [0.15, 0.2) is 40.8 Å². The lowest BCUT2D eigenvalue weighted by atomic mass is 10.1. The molecule has 0 bridgehead atoms. The monoisotopic (exact) mass is 255 g/mol. The molecule has 0 N–H and O–H groups in total. The summed E-state index contributed by atoms with van der Waals surface area (Å²) >= 11 is 0. The van der Waals surface area contributed by atoms with Crippen LogP contribution in [-0.2, 0) is 6.54 Å². The zero-order valence-electron chi connectivity index (χ0n) is 9.83. The number of rotatable bonds is 3. The van der Waals surface area contributed by atoms with E-state index < -0.39 is 0 Å². The maximum Gasteiger partial charge on any atom is 0.261 e. The Morgan fingerprint density at radius 1 is 1.00 bits per heavy atom. The molecule has 1 aromatic heterocycles. The molecule has 2 heterocycles. The van der Waals surface area contributed by atoms with Crippen molar-refractivity contribution in [3.8, 4) is 0 Å². The maximum absolute atomic E-state index is 12.1. The average molecular weight is 255 g/mol. The van der Waals surface area contributed by atoms with Crippen molar-refractivity contribution in [2.75, 3.05) is 0 Å². The third kappa shape index (κ3) is 1.76. The first-order chi connectivity index (χ1) is 9.20. The molecule has 3 rings (SSSR count). The molecule has 0 spiro atoms. The van der Waals surface area contributed by atoms with Gasteiger partial charge in [-0.2, -0.15) is 0 Å². The number of benzene rings is 1. The molecule has 2 aromatic rings. The van der Waals surface area contributed by atoms with E-state index in [0.717, 1.165) is 4.90 Å². The Balaban J connectivity index is 1.90. The van der Waals surface area contributed by atoms with Crippen LogP contribution in [0.5, 0.6) is 0 Å². The molecule has 5 nitrogen and oxygen atoms in total. The lowest BCUT2D eigenvalue weighted by molar-refractivity contribution is 0.0631. The summed E-state index contributed by atoms with van der Waals surface area (Å²) in [4.78, 5) is 35.8. The van der Waals surface area contributed by atoms with Crippen LogP contribution >= 0.6 is 0 Å². The molecule has 0 saturated heterocycles. The maximum atomic E-state index is 12.1. The van der Waals surface area contributed by atoms with Crippen LogP contribution in [-0.4, -0.2) is 23.0 Å². The first-order valence-corrected chi connectivity index (χ1v) is 5.70. The number of carbonyl (C=O) groups excluding carboxylic acids is 3. The molecular weight excluding hydrogens is 246 g/mol. The zero-order chi connectivity index (χ0) is 13.4. The van der Waals surface area contributed by atoms with Crippen molar-refractivity contribution in [3.63, 3.8) is 0 Å². The largest absolute Gasteiger partial charge is 0.456 e. The third-order valence-electron chi connectivity index (χ3n) is 2.99. The molecule has 19 heavy (non-hydrogen) atoms. The highest BCUT2D eigenvalue weighted by Gasteiger charge is 2.35. The summed E-state index contributed by atoms with van der Waals surface area (Å²) in [6.45, 7) is 0.0280. The summed E-state index contributed by atoms with van der Waals surface area (Å²) in [6.07, 6.45) is 0.575. The highest BCUT2D eigenvalue weighted by Crippen LogP contribution is 2.24. The summed E-state index contributed by atoms with van der Waals surface area (Å²) in [5.74, 6) is -0.113. The number of hydrogen-bond acceptors (Lipinski definition) is 4. The summed E-state index contributed by atoms with van der Waals surface area (Å²) in [6, 6.07) is 9.74. The van der Waals surface area contributed by atoms with E-state index in [-0.39, 0.29) is 24.1 Å². The van der Waals surface area contributed by atoms with Gasteiger partial charge in [-0.05, 0) is 24.3 Å². The van der Waals surface area contributed by atoms with E-state index in [0.29, 0.717) is 23.2 Å². The second-order valence-corrected chi connectivity index (χ2v) is 4.16. The van der Waals surface area contributed by atoms with Gasteiger partial charge in [-0.15, -0.1) is 0 Å². The third-order valence-corrected chi connectivity index (χ3v) is 2.99. The molecule has 1 aliphatic heterocycles. The molecule has 0 radical (unpaired) electrons. The van der Waals surface area contributed by atoms with Crippen LogP contribution in [0.3, 0.4) is 0 Å². The Morgan fingerprint density at radius 2 is 1.63 bits per heavy atom. The number of carbonyl (C=O) groups is 3. The number of imide groups is 1. The summed E-state index contributed by atoms with van der Waals surface area (Å²) < 4.78 is 5.18. The predicted molar refractivity (Wildman–Crippen MR) is 64.7 cm³/mol. The Hall–Kier alpha value is -2.69. The van der Waals surface area contributed by atoms with E-state index in [9.17, 15) is 14.4 Å². The fraction of sp³-hybridized carbons (Fsp3) is 0.0714. The molecule has 0 aliphatic carbocycles. The van der Waals surface area contributed by atoms with E-state index in [2.05, 4.69) is 0 Å². The van der Waals surface area contributed by atoms with Gasteiger partial charge in [0.2, 0.25) is 0 Å². The number of nitrogens with zero attached hydrogens (tertiary/aromatic N) is 1. The molecule has 0 fully saturated rings. The highest BCUT2D eigenvalue weighted by atomic mass is 16.3. The summed E-state index contributed by atoms with van der Waals surface area (Å²) in [5, 5.41) is 0. The number of furan rings is 1. The average Bonchev–Trinajstić information content (AvgIpc) is 2.99. The smallest absolute Gasteiger partial charge is 0.261 e. The number of aldehydes is 1. The van der Waals surface area contributed by atoms with Crippen LogP contribution in [0, 0.1) is 0 Å². The van der Waals surface area contributed by atoms with Crippen molar-refractivity contribution in [2.24, 2.45) is 0 Å². The number of fused-ring (bicyclic) bond motifs is 1. The van der Waals surface area contributed by atoms with Gasteiger partial charge in [0.1, 0.15) is 5.76 Å². The lowest BCUT2D eigenvalue weighted by Gasteiger charge is -2.11. The van der Waals surface area contributed by atoms with Gasteiger partial charge in [-0.3, -0.25) is 19.3 Å². The quantitative estimate of drug-likeness (QED) is 0.620. The van der Waals surface area contributed by atoms with Crippen molar-refractivity contribution in [2.45, 2.75) is 6.54 Å². The molecular formula is C14H9NO4. The van der Waals surface area contributed by atoms with Crippen molar-refractivity contribution in [3.05, 3.63) is 59.0 Å². The van der Waals surface area contributed by atoms with Gasteiger partial charge in [0, 0.05) is 0 Å².